The molecule has 0 aliphatic heterocycles. The second kappa shape index (κ2) is 15.0. The molecule has 2 heterocycles. The molecular weight excluding hydrogens is 539 g/mol. The standard InChI is InChI=1S/C24H36N6O2S2.2ClH/c1-7-11-27(12-8-2)29(17(5)31)23-25-19-15-20-22(16-21(19)33-23)34-24(26-20)30(18(6)32)28(13-9-3)14-10-4;;/h15-16H,7-14H2,1-6H3;2*1H. The fourth-order valence-corrected chi connectivity index (χ4v) is 6.26. The van der Waals surface area contributed by atoms with E-state index in [2.05, 4.69) is 43.8 Å². The first-order chi connectivity index (χ1) is 16.3. The summed E-state index contributed by atoms with van der Waals surface area (Å²) in [7, 11) is 0. The van der Waals surface area contributed by atoms with Crippen LogP contribution in [0.3, 0.4) is 0 Å². The Morgan fingerprint density at radius 3 is 1.28 bits per heavy atom. The van der Waals surface area contributed by atoms with Gasteiger partial charge in [0.25, 0.3) is 0 Å². The molecule has 0 radical (unpaired) electrons. The van der Waals surface area contributed by atoms with Gasteiger partial charge in [-0.05, 0) is 37.8 Å². The summed E-state index contributed by atoms with van der Waals surface area (Å²) in [5.41, 5.74) is 1.63. The van der Waals surface area contributed by atoms with Crippen molar-refractivity contribution in [3.63, 3.8) is 0 Å². The van der Waals surface area contributed by atoms with Crippen LogP contribution in [-0.2, 0) is 9.59 Å². The predicted molar refractivity (Wildman–Crippen MR) is 158 cm³/mol. The van der Waals surface area contributed by atoms with Crippen LogP contribution in [-0.4, -0.2) is 58.0 Å². The largest absolute Gasteiger partial charge is 0.273 e. The molecule has 0 saturated carbocycles. The molecule has 0 atom stereocenters. The Kier molecular flexibility index (Phi) is 13.5. The van der Waals surface area contributed by atoms with Gasteiger partial charge in [-0.2, -0.15) is 0 Å². The van der Waals surface area contributed by atoms with Crippen LogP contribution in [0.4, 0.5) is 10.3 Å². The van der Waals surface area contributed by atoms with E-state index in [0.29, 0.717) is 10.3 Å². The first-order valence-electron chi connectivity index (χ1n) is 12.2. The average molecular weight is 578 g/mol. The maximum absolute atomic E-state index is 12.5. The molecule has 0 aliphatic carbocycles. The molecule has 0 aliphatic rings. The van der Waals surface area contributed by atoms with Crippen molar-refractivity contribution in [1.29, 1.82) is 0 Å². The number of carbonyl (C=O) groups excluding carboxylic acids is 2. The summed E-state index contributed by atoms with van der Waals surface area (Å²) in [6.07, 6.45) is 3.82. The fraction of sp³-hybridized carbons (Fsp3) is 0.583. The van der Waals surface area contributed by atoms with Gasteiger partial charge in [0.1, 0.15) is 0 Å². The molecule has 0 fully saturated rings. The van der Waals surface area contributed by atoms with Crippen molar-refractivity contribution in [3.8, 4) is 0 Å². The van der Waals surface area contributed by atoms with Crippen LogP contribution in [0.15, 0.2) is 12.1 Å². The minimum absolute atomic E-state index is 0. The van der Waals surface area contributed by atoms with Crippen molar-refractivity contribution < 1.29 is 9.59 Å². The number of anilines is 2. The molecule has 0 unspecified atom stereocenters. The van der Waals surface area contributed by atoms with Crippen molar-refractivity contribution in [2.45, 2.75) is 67.2 Å². The van der Waals surface area contributed by atoms with Gasteiger partial charge in [0.2, 0.25) is 22.1 Å². The zero-order valence-corrected chi connectivity index (χ0v) is 25.2. The molecule has 2 amide bonds. The minimum Gasteiger partial charge on any atom is -0.273 e. The summed E-state index contributed by atoms with van der Waals surface area (Å²) < 4.78 is 2.01. The number of amides is 2. The van der Waals surface area contributed by atoms with E-state index in [9.17, 15) is 9.59 Å². The Balaban J connectivity index is 0.00000324. The van der Waals surface area contributed by atoms with E-state index < -0.39 is 0 Å². The predicted octanol–water partition coefficient (Wildman–Crippen LogP) is 6.53. The van der Waals surface area contributed by atoms with Crippen molar-refractivity contribution in [2.24, 2.45) is 0 Å². The van der Waals surface area contributed by atoms with E-state index >= 15 is 0 Å². The number of hydrogen-bond acceptors (Lipinski definition) is 8. The van der Waals surface area contributed by atoms with Gasteiger partial charge < -0.3 is 0 Å². The molecular formula is C24H38Cl2N6O2S2. The van der Waals surface area contributed by atoms with Crippen LogP contribution < -0.4 is 10.0 Å². The number of halogens is 2. The van der Waals surface area contributed by atoms with Gasteiger partial charge in [-0.25, -0.2) is 30.0 Å². The van der Waals surface area contributed by atoms with Gasteiger partial charge in [-0.1, -0.05) is 50.4 Å². The molecule has 0 N–H and O–H groups in total. The summed E-state index contributed by atoms with van der Waals surface area (Å²) in [5.74, 6) is -0.0700. The van der Waals surface area contributed by atoms with E-state index in [1.54, 1.807) is 23.9 Å². The molecule has 36 heavy (non-hydrogen) atoms. The van der Waals surface area contributed by atoms with Crippen LogP contribution in [0.2, 0.25) is 0 Å². The lowest BCUT2D eigenvalue weighted by atomic mass is 10.3. The first kappa shape index (κ1) is 32.5. The lowest BCUT2D eigenvalue weighted by Crippen LogP contribution is -2.46. The zero-order valence-electron chi connectivity index (χ0n) is 21.9. The number of benzene rings is 1. The highest BCUT2D eigenvalue weighted by atomic mass is 35.5. The number of carbonyl (C=O) groups is 2. The lowest BCUT2D eigenvalue weighted by Gasteiger charge is -2.31. The maximum atomic E-state index is 12.5. The first-order valence-corrected chi connectivity index (χ1v) is 13.8. The smallest absolute Gasteiger partial charge is 0.240 e. The molecule has 3 rings (SSSR count). The van der Waals surface area contributed by atoms with Gasteiger partial charge in [0.15, 0.2) is 0 Å². The Labute approximate surface area is 234 Å². The number of thiazole rings is 2. The summed E-state index contributed by atoms with van der Waals surface area (Å²) in [6.45, 7) is 14.8. The van der Waals surface area contributed by atoms with Gasteiger partial charge in [-0.15, -0.1) is 24.8 Å². The minimum atomic E-state index is -0.0350. The van der Waals surface area contributed by atoms with Crippen LogP contribution in [0.1, 0.15) is 67.2 Å². The second-order valence-corrected chi connectivity index (χ2v) is 10.4. The third-order valence-electron chi connectivity index (χ3n) is 5.33. The topological polar surface area (TPSA) is 72.9 Å². The van der Waals surface area contributed by atoms with Gasteiger partial charge in [-0.3, -0.25) is 9.59 Å². The summed E-state index contributed by atoms with van der Waals surface area (Å²) >= 11 is 3.03. The third kappa shape index (κ3) is 7.26. The normalized spacial score (nSPS) is 11.1. The Bertz CT molecular complexity index is 992. The Morgan fingerprint density at radius 1 is 0.667 bits per heavy atom. The lowest BCUT2D eigenvalue weighted by molar-refractivity contribution is -0.120. The molecule has 8 nitrogen and oxygen atoms in total. The van der Waals surface area contributed by atoms with Crippen LogP contribution in [0.25, 0.3) is 20.4 Å². The monoisotopic (exact) mass is 576 g/mol. The van der Waals surface area contributed by atoms with Crippen LogP contribution >= 0.6 is 47.5 Å². The van der Waals surface area contributed by atoms with E-state index in [1.165, 1.54) is 22.7 Å². The van der Waals surface area contributed by atoms with Gasteiger partial charge in [0, 0.05) is 40.0 Å². The van der Waals surface area contributed by atoms with E-state index in [1.807, 2.05) is 6.07 Å². The van der Waals surface area contributed by atoms with E-state index in [4.69, 9.17) is 9.97 Å². The number of hydrazine groups is 2. The molecule has 202 valence electrons. The number of rotatable bonds is 12. The molecule has 3 aromatic rings. The zero-order chi connectivity index (χ0) is 24.8. The summed E-state index contributed by atoms with van der Waals surface area (Å²) in [6, 6.07) is 4.05. The average Bonchev–Trinajstić information content (AvgIpc) is 3.35. The number of fused-ring (bicyclic) bond motifs is 2. The highest BCUT2D eigenvalue weighted by Gasteiger charge is 2.25. The molecule has 0 bridgehead atoms. The quantitative estimate of drug-likeness (QED) is 0.228. The van der Waals surface area contributed by atoms with Crippen LogP contribution in [0.5, 0.6) is 0 Å². The molecule has 0 spiro atoms. The Morgan fingerprint density at radius 2 is 1.00 bits per heavy atom. The number of nitrogens with zero attached hydrogens (tertiary/aromatic N) is 6. The van der Waals surface area contributed by atoms with Crippen LogP contribution in [0, 0.1) is 0 Å². The molecule has 1 aromatic carbocycles. The fourth-order valence-electron chi connectivity index (χ4n) is 4.07. The second-order valence-electron chi connectivity index (χ2n) is 8.35. The molecule has 0 saturated heterocycles. The number of hydrogen-bond donors (Lipinski definition) is 0. The van der Waals surface area contributed by atoms with Crippen molar-refractivity contribution in [1.82, 2.24) is 20.0 Å². The third-order valence-corrected chi connectivity index (χ3v) is 7.31. The van der Waals surface area contributed by atoms with E-state index in [0.717, 1.165) is 72.3 Å². The van der Waals surface area contributed by atoms with E-state index in [-0.39, 0.29) is 36.6 Å². The van der Waals surface area contributed by atoms with Crippen molar-refractivity contribution in [2.75, 3.05) is 36.2 Å². The summed E-state index contributed by atoms with van der Waals surface area (Å²) in [4.78, 5) is 34.7. The number of aromatic nitrogens is 2. The Hall–Kier alpha value is -1.56. The molecule has 12 heteroatoms. The summed E-state index contributed by atoms with van der Waals surface area (Å²) in [5, 5.41) is 8.97. The highest BCUT2D eigenvalue weighted by molar-refractivity contribution is 7.24. The maximum Gasteiger partial charge on any atom is 0.240 e. The molecule has 2 aromatic heterocycles. The van der Waals surface area contributed by atoms with Gasteiger partial charge >= 0.3 is 0 Å². The SMILES string of the molecule is CCCN(CCC)N(C(C)=O)c1nc2cc3nc(N(C(C)=O)N(CCC)CCC)sc3cc2s1.Cl.Cl. The van der Waals surface area contributed by atoms with Crippen molar-refractivity contribution >= 4 is 90.0 Å². The van der Waals surface area contributed by atoms with Gasteiger partial charge in [0.05, 0.1) is 20.4 Å². The highest BCUT2D eigenvalue weighted by Crippen LogP contribution is 2.37. The van der Waals surface area contributed by atoms with Crippen molar-refractivity contribution in [3.05, 3.63) is 12.1 Å².